The molecule has 0 aromatic heterocycles. The molecule has 0 unspecified atom stereocenters. The summed E-state index contributed by atoms with van der Waals surface area (Å²) in [4.78, 5) is 10.7. The first-order valence-electron chi connectivity index (χ1n) is 5.11. The number of nitrogens with one attached hydrogen (secondary N) is 1. The van der Waals surface area contributed by atoms with Crippen molar-refractivity contribution in [1.82, 2.24) is 5.32 Å². The second kappa shape index (κ2) is 4.32. The van der Waals surface area contributed by atoms with Crippen molar-refractivity contribution < 1.29 is 4.79 Å². The Morgan fingerprint density at radius 1 is 1.64 bits per heavy atom. The van der Waals surface area contributed by atoms with Gasteiger partial charge < -0.3 is 11.1 Å². The summed E-state index contributed by atoms with van der Waals surface area (Å²) >= 11 is 0. The quantitative estimate of drug-likeness (QED) is 0.700. The highest BCUT2D eigenvalue weighted by molar-refractivity contribution is 5.73. The molecule has 3 N–H and O–H groups in total. The topological polar surface area (TPSA) is 78.9 Å². The average molecular weight is 195 g/mol. The second-order valence-corrected chi connectivity index (χ2v) is 4.03. The molecule has 0 bridgehead atoms. The number of amides is 2. The maximum absolute atomic E-state index is 10.7. The van der Waals surface area contributed by atoms with Gasteiger partial charge in [0, 0.05) is 0 Å². The summed E-state index contributed by atoms with van der Waals surface area (Å²) in [5.41, 5.74) is 4.35. The van der Waals surface area contributed by atoms with Gasteiger partial charge in [-0.15, -0.1) is 0 Å². The third kappa shape index (κ3) is 2.38. The smallest absolute Gasteiger partial charge is 0.313 e. The fourth-order valence-corrected chi connectivity index (χ4v) is 2.08. The van der Waals surface area contributed by atoms with Crippen LogP contribution in [0, 0.1) is 17.2 Å². The standard InChI is InChI=1S/C10H17N3O/c1-2-8-3-5-10(7-11,6-4-8)13-9(12)14/h8H,2-6H2,1H3,(H3,12,13,14). The zero-order valence-electron chi connectivity index (χ0n) is 8.55. The first-order valence-corrected chi connectivity index (χ1v) is 5.11. The number of hydrogen-bond acceptors (Lipinski definition) is 2. The summed E-state index contributed by atoms with van der Waals surface area (Å²) in [6.07, 6.45) is 4.61. The Kier molecular flexibility index (Phi) is 3.34. The Morgan fingerprint density at radius 2 is 2.21 bits per heavy atom. The Hall–Kier alpha value is -1.24. The van der Waals surface area contributed by atoms with E-state index >= 15 is 0 Å². The van der Waals surface area contributed by atoms with Gasteiger partial charge in [0.25, 0.3) is 0 Å². The first-order chi connectivity index (χ1) is 6.62. The number of carbonyl (C=O) groups excluding carboxylic acids is 1. The van der Waals surface area contributed by atoms with E-state index in [4.69, 9.17) is 11.0 Å². The highest BCUT2D eigenvalue weighted by atomic mass is 16.2. The maximum atomic E-state index is 10.7. The van der Waals surface area contributed by atoms with Crippen molar-refractivity contribution in [2.75, 3.05) is 0 Å². The molecule has 0 aliphatic heterocycles. The number of nitriles is 1. The normalized spacial score (nSPS) is 31.9. The minimum atomic E-state index is -0.697. The molecule has 78 valence electrons. The second-order valence-electron chi connectivity index (χ2n) is 4.03. The average Bonchev–Trinajstić information content (AvgIpc) is 2.18. The van der Waals surface area contributed by atoms with Gasteiger partial charge in [0.15, 0.2) is 0 Å². The van der Waals surface area contributed by atoms with Gasteiger partial charge in [-0.3, -0.25) is 0 Å². The van der Waals surface area contributed by atoms with Crippen LogP contribution >= 0.6 is 0 Å². The number of primary amides is 1. The lowest BCUT2D eigenvalue weighted by Crippen LogP contribution is -2.51. The fourth-order valence-electron chi connectivity index (χ4n) is 2.08. The van der Waals surface area contributed by atoms with Crippen molar-refractivity contribution in [3.05, 3.63) is 0 Å². The summed E-state index contributed by atoms with van der Waals surface area (Å²) in [7, 11) is 0. The number of hydrogen-bond donors (Lipinski definition) is 2. The van der Waals surface area contributed by atoms with E-state index in [9.17, 15) is 4.79 Å². The largest absolute Gasteiger partial charge is 0.352 e. The van der Waals surface area contributed by atoms with Gasteiger partial charge >= 0.3 is 6.03 Å². The third-order valence-corrected chi connectivity index (χ3v) is 3.11. The van der Waals surface area contributed by atoms with Crippen LogP contribution in [0.2, 0.25) is 0 Å². The molecule has 0 atom stereocenters. The van der Waals surface area contributed by atoms with Crippen LogP contribution in [0.25, 0.3) is 0 Å². The predicted octanol–water partition coefficient (Wildman–Crippen LogP) is 1.52. The molecule has 0 spiro atoms. The first kappa shape index (κ1) is 10.8. The van der Waals surface area contributed by atoms with E-state index < -0.39 is 11.6 Å². The molecule has 0 aromatic carbocycles. The van der Waals surface area contributed by atoms with E-state index in [1.54, 1.807) is 0 Å². The minimum absolute atomic E-state index is 0.596. The summed E-state index contributed by atoms with van der Waals surface area (Å²) in [5.74, 6) is 0.700. The van der Waals surface area contributed by atoms with Crippen LogP contribution in [-0.4, -0.2) is 11.6 Å². The Morgan fingerprint density at radius 3 is 2.57 bits per heavy atom. The van der Waals surface area contributed by atoms with Crippen LogP contribution in [0.5, 0.6) is 0 Å². The molecule has 4 heteroatoms. The van der Waals surface area contributed by atoms with Crippen LogP contribution < -0.4 is 11.1 Å². The van der Waals surface area contributed by atoms with Gasteiger partial charge in [-0.2, -0.15) is 5.26 Å². The van der Waals surface area contributed by atoms with Gasteiger partial charge in [-0.05, 0) is 31.6 Å². The highest BCUT2D eigenvalue weighted by Crippen LogP contribution is 2.33. The van der Waals surface area contributed by atoms with Crippen LogP contribution in [0.15, 0.2) is 0 Å². The van der Waals surface area contributed by atoms with Gasteiger partial charge in [-0.25, -0.2) is 4.79 Å². The van der Waals surface area contributed by atoms with Gasteiger partial charge in [0.05, 0.1) is 6.07 Å². The lowest BCUT2D eigenvalue weighted by Gasteiger charge is -2.34. The number of nitrogens with two attached hydrogens (primary N) is 1. The van der Waals surface area contributed by atoms with E-state index in [0.29, 0.717) is 5.92 Å². The van der Waals surface area contributed by atoms with E-state index in [2.05, 4.69) is 18.3 Å². The van der Waals surface area contributed by atoms with Crippen molar-refractivity contribution in [3.63, 3.8) is 0 Å². The van der Waals surface area contributed by atoms with E-state index in [0.717, 1.165) is 32.1 Å². The minimum Gasteiger partial charge on any atom is -0.352 e. The highest BCUT2D eigenvalue weighted by Gasteiger charge is 2.35. The van der Waals surface area contributed by atoms with E-state index in [1.165, 1.54) is 0 Å². The Balaban J connectivity index is 2.58. The zero-order valence-corrected chi connectivity index (χ0v) is 8.55. The van der Waals surface area contributed by atoms with Crippen molar-refractivity contribution >= 4 is 6.03 Å². The Labute approximate surface area is 84.5 Å². The van der Waals surface area contributed by atoms with Crippen LogP contribution in [0.1, 0.15) is 39.0 Å². The van der Waals surface area contributed by atoms with Crippen molar-refractivity contribution in [2.24, 2.45) is 11.7 Å². The van der Waals surface area contributed by atoms with Crippen molar-refractivity contribution in [3.8, 4) is 6.07 Å². The van der Waals surface area contributed by atoms with E-state index in [-0.39, 0.29) is 0 Å². The van der Waals surface area contributed by atoms with Crippen LogP contribution in [-0.2, 0) is 0 Å². The summed E-state index contributed by atoms with van der Waals surface area (Å²) in [6.45, 7) is 2.16. The molecule has 0 aromatic rings. The molecule has 4 nitrogen and oxygen atoms in total. The predicted molar refractivity (Wildman–Crippen MR) is 53.3 cm³/mol. The van der Waals surface area contributed by atoms with Crippen LogP contribution in [0.3, 0.4) is 0 Å². The Bertz CT molecular complexity index is 249. The molecule has 0 radical (unpaired) electrons. The SMILES string of the molecule is CCC1CCC(C#N)(NC(N)=O)CC1. The number of nitrogens with zero attached hydrogens (tertiary/aromatic N) is 1. The third-order valence-electron chi connectivity index (χ3n) is 3.11. The molecular formula is C10H17N3O. The number of carbonyl (C=O) groups is 1. The molecule has 1 fully saturated rings. The van der Waals surface area contributed by atoms with Gasteiger partial charge in [-0.1, -0.05) is 13.3 Å². The molecule has 2 amide bonds. The molecular weight excluding hydrogens is 178 g/mol. The number of urea groups is 1. The fraction of sp³-hybridized carbons (Fsp3) is 0.800. The maximum Gasteiger partial charge on any atom is 0.313 e. The molecule has 0 saturated heterocycles. The zero-order chi connectivity index (χ0) is 10.6. The van der Waals surface area contributed by atoms with E-state index in [1.807, 2.05) is 0 Å². The monoisotopic (exact) mass is 195 g/mol. The van der Waals surface area contributed by atoms with Crippen LogP contribution in [0.4, 0.5) is 4.79 Å². The van der Waals surface area contributed by atoms with Crippen molar-refractivity contribution in [2.45, 2.75) is 44.6 Å². The number of rotatable bonds is 2. The summed E-state index contributed by atoms with van der Waals surface area (Å²) in [5, 5.41) is 11.6. The molecule has 14 heavy (non-hydrogen) atoms. The summed E-state index contributed by atoms with van der Waals surface area (Å²) in [6, 6.07) is 1.59. The lowest BCUT2D eigenvalue weighted by atomic mass is 9.76. The van der Waals surface area contributed by atoms with Gasteiger partial charge in [0.1, 0.15) is 5.54 Å². The van der Waals surface area contributed by atoms with Crippen molar-refractivity contribution in [1.29, 1.82) is 5.26 Å². The molecule has 1 saturated carbocycles. The summed E-state index contributed by atoms with van der Waals surface area (Å²) < 4.78 is 0. The lowest BCUT2D eigenvalue weighted by molar-refractivity contribution is 0.214. The molecule has 1 rings (SSSR count). The molecule has 1 aliphatic carbocycles. The van der Waals surface area contributed by atoms with Gasteiger partial charge in [0.2, 0.25) is 0 Å². The molecule has 1 aliphatic rings. The molecule has 0 heterocycles.